The standard InChI is InChI=1S/C29H26N8O2/c1-30-27-21-11-12-37(16-25(21)33-26(34-27)20-13-19-5-3-4-6-22(19)32-15-20)29(39)24-14-23(35-36-24)17-7-9-18(10-8-17)28(38)31-2/h3-10,13-15H,11-12,16H2,1-2H3,(H,31,38)(H,35,36)(H,30,33,34). The molecule has 6 rings (SSSR count). The number of pyridine rings is 1. The van der Waals surface area contributed by atoms with Gasteiger partial charge in [-0.1, -0.05) is 30.3 Å². The highest BCUT2D eigenvalue weighted by Gasteiger charge is 2.27. The van der Waals surface area contributed by atoms with Crippen LogP contribution in [0, 0.1) is 0 Å². The second-order valence-corrected chi connectivity index (χ2v) is 9.29. The van der Waals surface area contributed by atoms with Gasteiger partial charge in [-0.3, -0.25) is 19.7 Å². The Morgan fingerprint density at radius 2 is 1.79 bits per heavy atom. The lowest BCUT2D eigenvalue weighted by molar-refractivity contribution is 0.0725. The number of para-hydroxylation sites is 1. The summed E-state index contributed by atoms with van der Waals surface area (Å²) >= 11 is 0. The van der Waals surface area contributed by atoms with Crippen molar-refractivity contribution in [2.24, 2.45) is 0 Å². The van der Waals surface area contributed by atoms with Gasteiger partial charge in [0.1, 0.15) is 11.5 Å². The fraction of sp³-hybridized carbons (Fsp3) is 0.172. The third-order valence-corrected chi connectivity index (χ3v) is 6.92. The van der Waals surface area contributed by atoms with E-state index < -0.39 is 0 Å². The predicted molar refractivity (Wildman–Crippen MR) is 148 cm³/mol. The van der Waals surface area contributed by atoms with Crippen LogP contribution in [0.1, 0.15) is 32.1 Å². The average molecular weight is 519 g/mol. The van der Waals surface area contributed by atoms with E-state index in [2.05, 4.69) is 25.8 Å². The summed E-state index contributed by atoms with van der Waals surface area (Å²) in [6, 6.07) is 18.8. The number of rotatable bonds is 5. The topological polar surface area (TPSA) is 129 Å². The van der Waals surface area contributed by atoms with Gasteiger partial charge in [0.05, 0.1) is 23.4 Å². The van der Waals surface area contributed by atoms with Gasteiger partial charge in [-0.25, -0.2) is 9.97 Å². The molecule has 0 radical (unpaired) electrons. The van der Waals surface area contributed by atoms with E-state index in [1.54, 1.807) is 36.3 Å². The zero-order chi connectivity index (χ0) is 26.9. The summed E-state index contributed by atoms with van der Waals surface area (Å²) < 4.78 is 0. The Bertz CT molecular complexity index is 1710. The highest BCUT2D eigenvalue weighted by molar-refractivity contribution is 5.95. The Labute approximate surface area is 224 Å². The molecule has 10 heteroatoms. The number of H-pyrrole nitrogens is 1. The van der Waals surface area contributed by atoms with Crippen LogP contribution in [0.25, 0.3) is 33.5 Å². The van der Waals surface area contributed by atoms with Crippen LogP contribution in [0.3, 0.4) is 0 Å². The van der Waals surface area contributed by atoms with Gasteiger partial charge in [-0.15, -0.1) is 0 Å². The number of hydrogen-bond acceptors (Lipinski definition) is 7. The van der Waals surface area contributed by atoms with E-state index in [0.29, 0.717) is 42.3 Å². The van der Waals surface area contributed by atoms with E-state index in [9.17, 15) is 9.59 Å². The maximum atomic E-state index is 13.4. The van der Waals surface area contributed by atoms with Crippen LogP contribution in [-0.2, 0) is 13.0 Å². The molecule has 39 heavy (non-hydrogen) atoms. The molecule has 2 aromatic carbocycles. The van der Waals surface area contributed by atoms with Crippen molar-refractivity contribution in [2.75, 3.05) is 26.0 Å². The molecule has 4 heterocycles. The van der Waals surface area contributed by atoms with Crippen molar-refractivity contribution >= 4 is 28.5 Å². The van der Waals surface area contributed by atoms with Crippen molar-refractivity contribution in [3.63, 3.8) is 0 Å². The number of aromatic amines is 1. The van der Waals surface area contributed by atoms with Crippen molar-refractivity contribution in [1.82, 2.24) is 35.4 Å². The van der Waals surface area contributed by atoms with Gasteiger partial charge in [0.2, 0.25) is 0 Å². The molecule has 3 aromatic heterocycles. The normalized spacial score (nSPS) is 12.7. The number of carbonyl (C=O) groups is 2. The number of carbonyl (C=O) groups excluding carboxylic acids is 2. The van der Waals surface area contributed by atoms with Gasteiger partial charge in [0, 0.05) is 54.5 Å². The van der Waals surface area contributed by atoms with E-state index in [-0.39, 0.29) is 11.8 Å². The first-order valence-electron chi connectivity index (χ1n) is 12.6. The maximum absolute atomic E-state index is 13.4. The van der Waals surface area contributed by atoms with Crippen LogP contribution < -0.4 is 10.6 Å². The van der Waals surface area contributed by atoms with Crippen molar-refractivity contribution in [2.45, 2.75) is 13.0 Å². The van der Waals surface area contributed by atoms with Crippen molar-refractivity contribution < 1.29 is 9.59 Å². The smallest absolute Gasteiger partial charge is 0.272 e. The molecule has 1 aliphatic heterocycles. The van der Waals surface area contributed by atoms with Gasteiger partial charge >= 0.3 is 0 Å². The largest absolute Gasteiger partial charge is 0.373 e. The molecule has 0 aliphatic carbocycles. The number of amides is 2. The zero-order valence-corrected chi connectivity index (χ0v) is 21.5. The van der Waals surface area contributed by atoms with Gasteiger partial charge in [-0.05, 0) is 36.8 Å². The summed E-state index contributed by atoms with van der Waals surface area (Å²) in [5.74, 6) is 1.02. The quantitative estimate of drug-likeness (QED) is 0.324. The minimum atomic E-state index is -0.157. The van der Waals surface area contributed by atoms with Crippen LogP contribution in [-0.4, -0.2) is 62.5 Å². The second kappa shape index (κ2) is 9.97. The van der Waals surface area contributed by atoms with Crippen LogP contribution in [0.5, 0.6) is 0 Å². The first kappa shape index (κ1) is 24.2. The van der Waals surface area contributed by atoms with Crippen LogP contribution in [0.4, 0.5) is 5.82 Å². The van der Waals surface area contributed by atoms with Crippen LogP contribution in [0.2, 0.25) is 0 Å². The van der Waals surface area contributed by atoms with E-state index in [0.717, 1.165) is 39.1 Å². The summed E-state index contributed by atoms with van der Waals surface area (Å²) in [6.07, 6.45) is 2.41. The maximum Gasteiger partial charge on any atom is 0.272 e. The highest BCUT2D eigenvalue weighted by atomic mass is 16.2. The number of fused-ring (bicyclic) bond motifs is 2. The first-order valence-corrected chi connectivity index (χ1v) is 12.6. The van der Waals surface area contributed by atoms with E-state index in [1.807, 2.05) is 49.5 Å². The van der Waals surface area contributed by atoms with E-state index in [1.165, 1.54) is 0 Å². The van der Waals surface area contributed by atoms with E-state index >= 15 is 0 Å². The van der Waals surface area contributed by atoms with Gasteiger partial charge in [-0.2, -0.15) is 5.10 Å². The Balaban J connectivity index is 1.25. The Morgan fingerprint density at radius 3 is 2.59 bits per heavy atom. The fourth-order valence-corrected chi connectivity index (χ4v) is 4.82. The third kappa shape index (κ3) is 4.56. The first-order chi connectivity index (χ1) is 19.0. The molecule has 0 spiro atoms. The number of anilines is 1. The lowest BCUT2D eigenvalue weighted by Crippen LogP contribution is -2.37. The lowest BCUT2D eigenvalue weighted by Gasteiger charge is -2.29. The predicted octanol–water partition coefficient (Wildman–Crippen LogP) is 3.68. The molecule has 5 aromatic rings. The van der Waals surface area contributed by atoms with Gasteiger partial charge < -0.3 is 15.5 Å². The fourth-order valence-electron chi connectivity index (χ4n) is 4.82. The monoisotopic (exact) mass is 518 g/mol. The number of benzene rings is 2. The minimum Gasteiger partial charge on any atom is -0.373 e. The van der Waals surface area contributed by atoms with Gasteiger partial charge in [0.15, 0.2) is 5.82 Å². The SMILES string of the molecule is CNC(=O)c1ccc(-c2cc(C(=O)N3CCc4c(nc(-c5cnc6ccccc6c5)nc4NC)C3)[nH]n2)cc1. The van der Waals surface area contributed by atoms with Crippen LogP contribution in [0.15, 0.2) is 66.9 Å². The van der Waals surface area contributed by atoms with E-state index in [4.69, 9.17) is 9.97 Å². The lowest BCUT2D eigenvalue weighted by atomic mass is 10.0. The molecular weight excluding hydrogens is 492 g/mol. The second-order valence-electron chi connectivity index (χ2n) is 9.29. The summed E-state index contributed by atoms with van der Waals surface area (Å²) in [4.78, 5) is 41.2. The highest BCUT2D eigenvalue weighted by Crippen LogP contribution is 2.29. The Morgan fingerprint density at radius 1 is 0.974 bits per heavy atom. The molecule has 0 saturated carbocycles. The minimum absolute atomic E-state index is 0.153. The number of hydrogen-bond donors (Lipinski definition) is 3. The Hall–Kier alpha value is -5.12. The molecule has 0 fully saturated rings. The molecule has 0 saturated heterocycles. The summed E-state index contributed by atoms with van der Waals surface area (Å²) in [5, 5.41) is 14.0. The molecule has 2 amide bonds. The molecule has 0 bridgehead atoms. The molecular formula is C29H26N8O2. The molecule has 0 unspecified atom stereocenters. The van der Waals surface area contributed by atoms with Gasteiger partial charge in [0.25, 0.3) is 11.8 Å². The molecule has 10 nitrogen and oxygen atoms in total. The molecule has 3 N–H and O–H groups in total. The zero-order valence-electron chi connectivity index (χ0n) is 21.5. The Kier molecular flexibility index (Phi) is 6.20. The van der Waals surface area contributed by atoms with Crippen molar-refractivity contribution in [1.29, 1.82) is 0 Å². The summed E-state index contributed by atoms with van der Waals surface area (Å²) in [5.41, 5.74) is 5.94. The molecule has 194 valence electrons. The number of nitrogens with one attached hydrogen (secondary N) is 3. The summed E-state index contributed by atoms with van der Waals surface area (Å²) in [7, 11) is 3.43. The number of nitrogens with zero attached hydrogens (tertiary/aromatic N) is 5. The number of aromatic nitrogens is 5. The van der Waals surface area contributed by atoms with Crippen LogP contribution >= 0.6 is 0 Å². The van der Waals surface area contributed by atoms with Crippen molar-refractivity contribution in [3.8, 4) is 22.6 Å². The molecule has 1 aliphatic rings. The average Bonchev–Trinajstić information content (AvgIpc) is 3.49. The third-order valence-electron chi connectivity index (χ3n) is 6.92. The van der Waals surface area contributed by atoms with Crippen molar-refractivity contribution in [3.05, 3.63) is 89.4 Å². The molecule has 0 atom stereocenters. The summed E-state index contributed by atoms with van der Waals surface area (Å²) in [6.45, 7) is 0.893.